The van der Waals surface area contributed by atoms with Gasteiger partial charge in [0.2, 0.25) is 5.91 Å². The van der Waals surface area contributed by atoms with E-state index in [1.54, 1.807) is 6.20 Å². The molecule has 0 spiro atoms. The first-order valence-corrected chi connectivity index (χ1v) is 11.3. The number of nitrogen functional groups attached to an aromatic ring is 1. The third-order valence-electron chi connectivity index (χ3n) is 6.24. The Morgan fingerprint density at radius 2 is 2.03 bits per heavy atom. The maximum atomic E-state index is 12.3. The monoisotopic (exact) mass is 439 g/mol. The van der Waals surface area contributed by atoms with Crippen LogP contribution in [0.4, 0.5) is 23.1 Å². The van der Waals surface area contributed by atoms with Crippen LogP contribution in [0.3, 0.4) is 0 Å². The first-order chi connectivity index (χ1) is 15.7. The van der Waals surface area contributed by atoms with Gasteiger partial charge in [-0.15, -0.1) is 0 Å². The van der Waals surface area contributed by atoms with Crippen molar-refractivity contribution in [3.05, 3.63) is 23.9 Å². The number of morpholine rings is 1. The normalized spacial score (nSPS) is 19.1. The van der Waals surface area contributed by atoms with Crippen molar-refractivity contribution in [2.45, 2.75) is 32.2 Å². The molecule has 2 aromatic heterocycles. The summed E-state index contributed by atoms with van der Waals surface area (Å²) in [6.07, 6.45) is 6.65. The number of hydrogen-bond donors (Lipinski definition) is 2. The number of carbonyl (C=O) groups excluding carboxylic acids is 1. The van der Waals surface area contributed by atoms with Gasteiger partial charge in [0.15, 0.2) is 11.6 Å². The number of ether oxygens (including phenoxy) is 2. The third kappa shape index (κ3) is 4.55. The van der Waals surface area contributed by atoms with Gasteiger partial charge in [-0.1, -0.05) is 12.8 Å². The predicted molar refractivity (Wildman–Crippen MR) is 121 cm³/mol. The highest BCUT2D eigenvalue weighted by molar-refractivity contribution is 6.03. The molecule has 32 heavy (non-hydrogen) atoms. The van der Waals surface area contributed by atoms with Gasteiger partial charge in [-0.2, -0.15) is 9.97 Å². The van der Waals surface area contributed by atoms with Gasteiger partial charge in [0.1, 0.15) is 11.5 Å². The van der Waals surface area contributed by atoms with Crippen LogP contribution in [0, 0.1) is 5.92 Å². The number of rotatable bonds is 6. The molecule has 1 saturated carbocycles. The molecule has 2 aromatic rings. The lowest BCUT2D eigenvalue weighted by molar-refractivity contribution is -0.115. The molecule has 0 aromatic carbocycles. The van der Waals surface area contributed by atoms with Crippen LogP contribution in [0.5, 0.6) is 6.01 Å². The largest absolute Gasteiger partial charge is 0.463 e. The van der Waals surface area contributed by atoms with Gasteiger partial charge in [0, 0.05) is 25.8 Å². The lowest BCUT2D eigenvalue weighted by Crippen LogP contribution is -2.39. The first-order valence-electron chi connectivity index (χ1n) is 11.3. The van der Waals surface area contributed by atoms with E-state index in [9.17, 15) is 4.79 Å². The average Bonchev–Trinajstić information content (AvgIpc) is 3.33. The van der Waals surface area contributed by atoms with Gasteiger partial charge in [-0.3, -0.25) is 4.79 Å². The molecule has 0 unspecified atom stereocenters. The van der Waals surface area contributed by atoms with E-state index >= 15 is 0 Å². The van der Waals surface area contributed by atoms with E-state index in [1.165, 1.54) is 25.7 Å². The molecule has 1 aliphatic carbocycles. The number of fused-ring (bicyclic) bond motifs is 1. The fourth-order valence-electron chi connectivity index (χ4n) is 4.53. The molecule has 4 heterocycles. The van der Waals surface area contributed by atoms with Crippen LogP contribution in [0.15, 0.2) is 18.3 Å². The minimum Gasteiger partial charge on any atom is -0.463 e. The lowest BCUT2D eigenvalue weighted by Gasteiger charge is -2.31. The molecule has 0 bridgehead atoms. The minimum absolute atomic E-state index is 0.144. The van der Waals surface area contributed by atoms with E-state index in [-0.39, 0.29) is 24.3 Å². The Bertz CT molecular complexity index is 974. The summed E-state index contributed by atoms with van der Waals surface area (Å²) >= 11 is 0. The van der Waals surface area contributed by atoms with Crippen LogP contribution in [-0.4, -0.2) is 60.3 Å². The van der Waals surface area contributed by atoms with Crippen molar-refractivity contribution in [1.29, 1.82) is 0 Å². The number of anilines is 4. The van der Waals surface area contributed by atoms with Gasteiger partial charge >= 0.3 is 6.01 Å². The topological polar surface area (TPSA) is 119 Å². The Hall–Kier alpha value is -3.14. The molecule has 5 rings (SSSR count). The van der Waals surface area contributed by atoms with Crippen LogP contribution in [0.2, 0.25) is 0 Å². The van der Waals surface area contributed by atoms with Crippen molar-refractivity contribution in [3.63, 3.8) is 0 Å². The Balaban J connectivity index is 1.36. The number of nitrogens with one attached hydrogen (secondary N) is 1. The van der Waals surface area contributed by atoms with Crippen LogP contribution in [0.25, 0.3) is 0 Å². The Morgan fingerprint density at radius 1 is 1.22 bits per heavy atom. The molecule has 0 radical (unpaired) electrons. The summed E-state index contributed by atoms with van der Waals surface area (Å²) < 4.78 is 11.3. The number of pyridine rings is 1. The molecule has 1 amide bonds. The molecule has 2 fully saturated rings. The maximum Gasteiger partial charge on any atom is 0.320 e. The van der Waals surface area contributed by atoms with E-state index in [4.69, 9.17) is 15.2 Å². The number of aromatic nitrogens is 3. The van der Waals surface area contributed by atoms with Gasteiger partial charge in [-0.05, 0) is 36.5 Å². The molecule has 2 aliphatic heterocycles. The third-order valence-corrected chi connectivity index (χ3v) is 6.24. The summed E-state index contributed by atoms with van der Waals surface area (Å²) in [4.78, 5) is 29.9. The zero-order chi connectivity index (χ0) is 21.9. The second-order valence-electron chi connectivity index (χ2n) is 8.58. The summed E-state index contributed by atoms with van der Waals surface area (Å²) in [5, 5.41) is 2.81. The highest BCUT2D eigenvalue weighted by Crippen LogP contribution is 2.35. The van der Waals surface area contributed by atoms with E-state index < -0.39 is 0 Å². The van der Waals surface area contributed by atoms with Crippen LogP contribution < -0.4 is 25.6 Å². The smallest absolute Gasteiger partial charge is 0.320 e. The van der Waals surface area contributed by atoms with Gasteiger partial charge < -0.3 is 30.3 Å². The van der Waals surface area contributed by atoms with Gasteiger partial charge in [0.25, 0.3) is 0 Å². The summed E-state index contributed by atoms with van der Waals surface area (Å²) in [7, 11) is 0. The summed E-state index contributed by atoms with van der Waals surface area (Å²) in [6, 6.07) is 4.27. The number of hydrogen-bond acceptors (Lipinski definition) is 9. The summed E-state index contributed by atoms with van der Waals surface area (Å²) in [5.74, 6) is 2.12. The first kappa shape index (κ1) is 20.7. The number of carbonyl (C=O) groups is 1. The van der Waals surface area contributed by atoms with E-state index in [0.717, 1.165) is 24.5 Å². The summed E-state index contributed by atoms with van der Waals surface area (Å²) in [5.41, 5.74) is 7.64. The second-order valence-corrected chi connectivity index (χ2v) is 8.58. The van der Waals surface area contributed by atoms with Crippen molar-refractivity contribution < 1.29 is 14.3 Å². The van der Waals surface area contributed by atoms with Crippen molar-refractivity contribution >= 4 is 29.0 Å². The SMILES string of the molecule is Nc1nc(OCC2CCCC2)nc2c1NC(=O)CN2Cc1ccnc(N2CCOCC2)c1. The van der Waals surface area contributed by atoms with Crippen molar-refractivity contribution in [2.75, 3.05) is 60.3 Å². The lowest BCUT2D eigenvalue weighted by atomic mass is 10.1. The Morgan fingerprint density at radius 3 is 2.84 bits per heavy atom. The Labute approximate surface area is 187 Å². The molecule has 10 nitrogen and oxygen atoms in total. The quantitative estimate of drug-likeness (QED) is 0.694. The number of nitrogens with zero attached hydrogens (tertiary/aromatic N) is 5. The zero-order valence-electron chi connectivity index (χ0n) is 18.1. The van der Waals surface area contributed by atoms with E-state index in [0.29, 0.717) is 43.8 Å². The van der Waals surface area contributed by atoms with E-state index in [2.05, 4.69) is 31.2 Å². The Kier molecular flexibility index (Phi) is 5.93. The average molecular weight is 440 g/mol. The molecule has 3 N–H and O–H groups in total. The number of nitrogens with two attached hydrogens (primary N) is 1. The highest BCUT2D eigenvalue weighted by Gasteiger charge is 2.28. The van der Waals surface area contributed by atoms with Gasteiger partial charge in [0.05, 0.1) is 26.4 Å². The highest BCUT2D eigenvalue weighted by atomic mass is 16.5. The van der Waals surface area contributed by atoms with Crippen LogP contribution in [-0.2, 0) is 16.1 Å². The fourth-order valence-corrected chi connectivity index (χ4v) is 4.53. The molecule has 0 atom stereocenters. The van der Waals surface area contributed by atoms with Crippen LogP contribution >= 0.6 is 0 Å². The number of amides is 1. The second kappa shape index (κ2) is 9.15. The molecule has 170 valence electrons. The van der Waals surface area contributed by atoms with Crippen molar-refractivity contribution in [1.82, 2.24) is 15.0 Å². The van der Waals surface area contributed by atoms with Crippen molar-refractivity contribution in [3.8, 4) is 6.01 Å². The molecule has 3 aliphatic rings. The predicted octanol–water partition coefficient (Wildman–Crippen LogP) is 1.82. The minimum atomic E-state index is -0.144. The van der Waals surface area contributed by atoms with E-state index in [1.807, 2.05) is 11.0 Å². The molecule has 1 saturated heterocycles. The molecular formula is C22H29N7O3. The summed E-state index contributed by atoms with van der Waals surface area (Å²) in [6.45, 7) is 4.31. The van der Waals surface area contributed by atoms with Crippen LogP contribution in [0.1, 0.15) is 31.2 Å². The van der Waals surface area contributed by atoms with Crippen molar-refractivity contribution in [2.24, 2.45) is 5.92 Å². The molecule has 10 heteroatoms. The van der Waals surface area contributed by atoms with Gasteiger partial charge in [-0.25, -0.2) is 4.98 Å². The fraction of sp³-hybridized carbons (Fsp3) is 0.545. The molecular weight excluding hydrogens is 410 g/mol. The zero-order valence-corrected chi connectivity index (χ0v) is 18.1. The standard InChI is InChI=1S/C22H29N7O3/c23-20-19-21(27-22(26-20)32-14-15-3-1-2-4-15)29(13-18(30)25-19)12-16-5-6-24-17(11-16)28-7-9-31-10-8-28/h5-6,11,15H,1-4,7-10,12-14H2,(H,25,30)(H2,23,26,27). The maximum absolute atomic E-state index is 12.3.